The molecule has 0 saturated carbocycles. The maximum Gasteiger partial charge on any atom is 0.274 e. The number of unbranched alkanes of at least 4 members (excludes halogenated alkanes) is 3. The Balaban J connectivity index is 1.67. The van der Waals surface area contributed by atoms with Gasteiger partial charge in [-0.05, 0) is 55.7 Å². The smallest absolute Gasteiger partial charge is 0.274 e. The molecule has 1 amide bonds. The largest absolute Gasteiger partial charge is 0.486 e. The molecule has 0 atom stereocenters. The van der Waals surface area contributed by atoms with Crippen LogP contribution in [0.25, 0.3) is 11.0 Å². The zero-order chi connectivity index (χ0) is 21.3. The van der Waals surface area contributed by atoms with Crippen LogP contribution < -0.4 is 10.1 Å². The monoisotopic (exact) mass is 407 g/mol. The van der Waals surface area contributed by atoms with Gasteiger partial charge in [0.05, 0.1) is 16.7 Å². The number of aryl methyl sites for hydroxylation is 1. The molecule has 0 aliphatic heterocycles. The number of ether oxygens (including phenoxy) is 1. The lowest BCUT2D eigenvalue weighted by Crippen LogP contribution is -2.16. The van der Waals surface area contributed by atoms with Gasteiger partial charge >= 0.3 is 0 Å². The Bertz CT molecular complexity index is 1050. The van der Waals surface area contributed by atoms with E-state index in [1.807, 2.05) is 12.2 Å². The highest BCUT2D eigenvalue weighted by Gasteiger charge is 2.16. The summed E-state index contributed by atoms with van der Waals surface area (Å²) < 4.78 is 20.3. The van der Waals surface area contributed by atoms with E-state index in [4.69, 9.17) is 4.74 Å². The predicted octanol–water partition coefficient (Wildman–Crippen LogP) is 5.84. The van der Waals surface area contributed by atoms with E-state index in [1.54, 1.807) is 43.5 Å². The molecule has 0 unspecified atom stereocenters. The van der Waals surface area contributed by atoms with Crippen molar-refractivity contribution in [2.24, 2.45) is 0 Å². The molecule has 6 heteroatoms. The predicted molar refractivity (Wildman–Crippen MR) is 117 cm³/mol. The summed E-state index contributed by atoms with van der Waals surface area (Å²) >= 11 is 0. The van der Waals surface area contributed by atoms with Gasteiger partial charge < -0.3 is 10.1 Å². The van der Waals surface area contributed by atoms with Crippen molar-refractivity contribution < 1.29 is 13.9 Å². The first-order valence-corrected chi connectivity index (χ1v) is 10.2. The number of aromatic nitrogens is 2. The molecule has 0 spiro atoms. The van der Waals surface area contributed by atoms with Crippen LogP contribution in [0, 0.1) is 12.7 Å². The van der Waals surface area contributed by atoms with Gasteiger partial charge in [0.25, 0.3) is 5.91 Å². The number of carbonyl (C=O) groups excluding carboxylic acids is 1. The minimum Gasteiger partial charge on any atom is -0.486 e. The molecule has 3 aromatic rings. The van der Waals surface area contributed by atoms with E-state index in [0.29, 0.717) is 16.6 Å². The maximum absolute atomic E-state index is 14.8. The molecular weight excluding hydrogens is 381 g/mol. The molecule has 1 N–H and O–H groups in total. The summed E-state index contributed by atoms with van der Waals surface area (Å²) in [6, 6.07) is 10.0. The summed E-state index contributed by atoms with van der Waals surface area (Å²) in [7, 11) is 0. The number of hydrogen-bond donors (Lipinski definition) is 1. The molecular formula is C24H26FN3O2. The Labute approximate surface area is 176 Å². The molecule has 0 aliphatic rings. The molecule has 5 nitrogen and oxygen atoms in total. The lowest BCUT2D eigenvalue weighted by Gasteiger charge is -2.11. The van der Waals surface area contributed by atoms with Gasteiger partial charge in [0.1, 0.15) is 12.3 Å². The maximum atomic E-state index is 14.8. The molecule has 3 rings (SSSR count). The fourth-order valence-electron chi connectivity index (χ4n) is 3.06. The van der Waals surface area contributed by atoms with Crippen LogP contribution in [0.2, 0.25) is 0 Å². The van der Waals surface area contributed by atoms with Crippen LogP contribution in [0.15, 0.2) is 54.7 Å². The van der Waals surface area contributed by atoms with Crippen molar-refractivity contribution in [3.63, 3.8) is 0 Å². The number of rotatable bonds is 9. The zero-order valence-electron chi connectivity index (χ0n) is 17.3. The van der Waals surface area contributed by atoms with Gasteiger partial charge in [-0.2, -0.15) is 0 Å². The van der Waals surface area contributed by atoms with Crippen molar-refractivity contribution in [3.8, 4) is 5.75 Å². The van der Waals surface area contributed by atoms with E-state index in [1.165, 1.54) is 18.9 Å². The van der Waals surface area contributed by atoms with E-state index in [9.17, 15) is 9.18 Å². The van der Waals surface area contributed by atoms with Crippen molar-refractivity contribution in [2.45, 2.75) is 39.5 Å². The number of amides is 1. The van der Waals surface area contributed by atoms with E-state index in [-0.39, 0.29) is 23.7 Å². The molecule has 0 radical (unpaired) electrons. The van der Waals surface area contributed by atoms with Gasteiger partial charge in [-0.15, -0.1) is 0 Å². The van der Waals surface area contributed by atoms with Crippen molar-refractivity contribution in [1.82, 2.24) is 9.97 Å². The topological polar surface area (TPSA) is 64.1 Å². The summed E-state index contributed by atoms with van der Waals surface area (Å²) in [6.07, 6.45) is 10.1. The van der Waals surface area contributed by atoms with Crippen LogP contribution in [0.3, 0.4) is 0 Å². The third kappa shape index (κ3) is 5.41. The first-order chi connectivity index (χ1) is 14.6. The standard InChI is InChI=1S/C24H26FN3O2/c1-3-4-5-6-7-8-15-30-21-13-9-11-19(22(21)25)28-24(29)23-17(2)16-20-18(27-23)12-10-14-26-20/h7-14,16H,3-6,15H2,1-2H3,(H,28,29). The Morgan fingerprint density at radius 3 is 2.87 bits per heavy atom. The number of nitrogens with zero attached hydrogens (tertiary/aromatic N) is 2. The van der Waals surface area contributed by atoms with Crippen LogP contribution in [-0.4, -0.2) is 22.5 Å². The molecule has 2 heterocycles. The molecule has 1 aromatic carbocycles. The summed E-state index contributed by atoms with van der Waals surface area (Å²) in [5.41, 5.74) is 2.26. The Morgan fingerprint density at radius 1 is 1.17 bits per heavy atom. The highest BCUT2D eigenvalue weighted by atomic mass is 19.1. The minimum atomic E-state index is -0.606. The van der Waals surface area contributed by atoms with Crippen LogP contribution >= 0.6 is 0 Å². The van der Waals surface area contributed by atoms with Crippen molar-refractivity contribution in [2.75, 3.05) is 11.9 Å². The van der Waals surface area contributed by atoms with Crippen LogP contribution in [0.1, 0.15) is 48.7 Å². The van der Waals surface area contributed by atoms with Crippen LogP contribution in [0.4, 0.5) is 10.1 Å². The quantitative estimate of drug-likeness (QED) is 0.357. The van der Waals surface area contributed by atoms with Gasteiger partial charge in [0.2, 0.25) is 0 Å². The third-order valence-electron chi connectivity index (χ3n) is 4.68. The third-order valence-corrected chi connectivity index (χ3v) is 4.68. The molecule has 0 saturated heterocycles. The van der Waals surface area contributed by atoms with Crippen molar-refractivity contribution in [1.29, 1.82) is 0 Å². The molecule has 0 bridgehead atoms. The van der Waals surface area contributed by atoms with Gasteiger partial charge in [-0.3, -0.25) is 9.78 Å². The number of allylic oxidation sites excluding steroid dienone is 1. The number of carbonyl (C=O) groups is 1. The normalized spacial score (nSPS) is 11.2. The summed E-state index contributed by atoms with van der Waals surface area (Å²) in [6.45, 7) is 4.22. The Hall–Kier alpha value is -3.28. The molecule has 2 aromatic heterocycles. The van der Waals surface area contributed by atoms with Crippen LogP contribution in [-0.2, 0) is 0 Å². The van der Waals surface area contributed by atoms with Crippen LogP contribution in [0.5, 0.6) is 5.75 Å². The van der Waals surface area contributed by atoms with Crippen molar-refractivity contribution in [3.05, 3.63) is 71.8 Å². The lowest BCUT2D eigenvalue weighted by molar-refractivity contribution is 0.102. The first-order valence-electron chi connectivity index (χ1n) is 10.2. The fraction of sp³-hybridized carbons (Fsp3) is 0.292. The van der Waals surface area contributed by atoms with Gasteiger partial charge in [-0.25, -0.2) is 9.37 Å². The first kappa shape index (κ1) is 21.4. The number of halogens is 1. The molecule has 0 aliphatic carbocycles. The van der Waals surface area contributed by atoms with E-state index >= 15 is 0 Å². The van der Waals surface area contributed by atoms with E-state index in [0.717, 1.165) is 12.8 Å². The summed E-state index contributed by atoms with van der Waals surface area (Å²) in [5, 5.41) is 2.60. The summed E-state index contributed by atoms with van der Waals surface area (Å²) in [5.74, 6) is -0.992. The zero-order valence-corrected chi connectivity index (χ0v) is 17.3. The SMILES string of the molecule is CCCCCC=CCOc1cccc(NC(=O)c2nc3cccnc3cc2C)c1F. The van der Waals surface area contributed by atoms with Gasteiger partial charge in [0, 0.05) is 6.20 Å². The molecule has 0 fully saturated rings. The highest BCUT2D eigenvalue weighted by Crippen LogP contribution is 2.25. The Kier molecular flexibility index (Phi) is 7.49. The molecule has 30 heavy (non-hydrogen) atoms. The second-order valence-electron chi connectivity index (χ2n) is 7.05. The fourth-order valence-corrected chi connectivity index (χ4v) is 3.06. The number of anilines is 1. The number of benzene rings is 1. The highest BCUT2D eigenvalue weighted by molar-refractivity contribution is 6.05. The van der Waals surface area contributed by atoms with Gasteiger partial charge in [0.15, 0.2) is 11.6 Å². The second-order valence-corrected chi connectivity index (χ2v) is 7.05. The minimum absolute atomic E-state index is 0.0527. The average molecular weight is 407 g/mol. The number of pyridine rings is 2. The molecule has 156 valence electrons. The van der Waals surface area contributed by atoms with Crippen molar-refractivity contribution >= 4 is 22.6 Å². The number of nitrogens with one attached hydrogen (secondary N) is 1. The Morgan fingerprint density at radius 2 is 2.03 bits per heavy atom. The second kappa shape index (κ2) is 10.5. The van der Waals surface area contributed by atoms with Gasteiger partial charge in [-0.1, -0.05) is 38.0 Å². The van der Waals surface area contributed by atoms with E-state index in [2.05, 4.69) is 22.2 Å². The summed E-state index contributed by atoms with van der Waals surface area (Å²) in [4.78, 5) is 21.3. The number of hydrogen-bond acceptors (Lipinski definition) is 4. The number of fused-ring (bicyclic) bond motifs is 1. The average Bonchev–Trinajstić information content (AvgIpc) is 2.75. The van der Waals surface area contributed by atoms with E-state index < -0.39 is 11.7 Å². The lowest BCUT2D eigenvalue weighted by atomic mass is 10.1.